The van der Waals surface area contributed by atoms with Gasteiger partial charge in [0.25, 0.3) is 0 Å². The van der Waals surface area contributed by atoms with Gasteiger partial charge in [-0.3, -0.25) is 4.99 Å². The van der Waals surface area contributed by atoms with Gasteiger partial charge in [-0.1, -0.05) is 167 Å². The van der Waals surface area contributed by atoms with Crippen molar-refractivity contribution in [3.05, 3.63) is 71.8 Å². The van der Waals surface area contributed by atoms with Gasteiger partial charge in [0.2, 0.25) is 0 Å². The Morgan fingerprint density at radius 1 is 0.562 bits per heavy atom. The van der Waals surface area contributed by atoms with Crippen LogP contribution in [0.15, 0.2) is 70.7 Å². The molecule has 0 saturated heterocycles. The molecule has 5 heteroatoms. The molecule has 0 heterocycles. The molecule has 2 nitrogen and oxygen atoms in total. The molecule has 0 aliphatic heterocycles. The van der Waals surface area contributed by atoms with Gasteiger partial charge in [-0.15, -0.1) is 0 Å². The fourth-order valence-electron chi connectivity index (χ4n) is 6.27. The summed E-state index contributed by atoms with van der Waals surface area (Å²) in [6.45, 7) is 19.3. The van der Waals surface area contributed by atoms with Crippen LogP contribution < -0.4 is 0 Å². The third kappa shape index (κ3) is 22.2. The van der Waals surface area contributed by atoms with E-state index in [4.69, 9.17) is 9.98 Å². The molecular weight excluding hydrogens is 659 g/mol. The Balaban J connectivity index is 0.0000115. The van der Waals surface area contributed by atoms with Crippen LogP contribution in [0.25, 0.3) is 0 Å². The largest absolute Gasteiger partial charge is 0.251 e. The normalized spacial score (nSPS) is 12.9. The van der Waals surface area contributed by atoms with E-state index in [1.165, 1.54) is 113 Å². The number of unbranched alkanes of at least 4 members (excludes halogenated alkanes) is 14. The maximum atomic E-state index is 5.34. The molecule has 0 aliphatic carbocycles. The summed E-state index contributed by atoms with van der Waals surface area (Å²) < 4.78 is 0. The molecule has 0 atom stereocenters. The zero-order chi connectivity index (χ0) is 34.4. The van der Waals surface area contributed by atoms with Gasteiger partial charge in [0.15, 0.2) is 0 Å². The van der Waals surface area contributed by atoms with Gasteiger partial charge >= 0.3 is 0 Å². The van der Waals surface area contributed by atoms with Gasteiger partial charge in [-0.05, 0) is 79.2 Å². The van der Waals surface area contributed by atoms with Gasteiger partial charge in [0, 0.05) is 32.6 Å². The minimum Gasteiger partial charge on any atom is -0.251 e. The molecular formula is C43H72N2NiSi2. The SMILES string of the molecule is CCCCCCCCCCCCCCC=CC(=Nc1cccc(C[Si](C)(C)C)c1)C(CCCCC)=Nc1cccc(C[Si](C)(C)C)c1.[Ni]. The predicted octanol–water partition coefficient (Wildman–Crippen LogP) is 14.6. The number of aliphatic imine (C=N–C) groups is 2. The van der Waals surface area contributed by atoms with Crippen molar-refractivity contribution in [1.82, 2.24) is 0 Å². The molecule has 0 amide bonds. The first-order valence-electron chi connectivity index (χ1n) is 19.5. The van der Waals surface area contributed by atoms with Crippen LogP contribution in [0, 0.1) is 0 Å². The predicted molar refractivity (Wildman–Crippen MR) is 220 cm³/mol. The van der Waals surface area contributed by atoms with E-state index in [1.807, 2.05) is 0 Å². The molecule has 0 unspecified atom stereocenters. The van der Waals surface area contributed by atoms with E-state index in [0.717, 1.165) is 42.1 Å². The minimum atomic E-state index is -1.22. The second kappa shape index (κ2) is 25.4. The first-order chi connectivity index (χ1) is 22.5. The molecule has 2 rings (SSSR count). The minimum absolute atomic E-state index is 0. The second-order valence-corrected chi connectivity index (χ2v) is 27.4. The summed E-state index contributed by atoms with van der Waals surface area (Å²) in [6.07, 6.45) is 27.0. The van der Waals surface area contributed by atoms with Crippen LogP contribution in [0.3, 0.4) is 0 Å². The Morgan fingerprint density at radius 3 is 1.48 bits per heavy atom. The second-order valence-electron chi connectivity index (χ2n) is 16.4. The maximum absolute atomic E-state index is 5.34. The third-order valence-electron chi connectivity index (χ3n) is 8.62. The van der Waals surface area contributed by atoms with Crippen molar-refractivity contribution in [1.29, 1.82) is 0 Å². The first kappa shape index (κ1) is 44.5. The van der Waals surface area contributed by atoms with Crippen molar-refractivity contribution in [2.24, 2.45) is 9.98 Å². The van der Waals surface area contributed by atoms with Crippen LogP contribution in [0.1, 0.15) is 134 Å². The van der Waals surface area contributed by atoms with E-state index in [-0.39, 0.29) is 16.5 Å². The molecule has 272 valence electrons. The van der Waals surface area contributed by atoms with Crippen LogP contribution in [-0.2, 0) is 28.6 Å². The van der Waals surface area contributed by atoms with Crippen molar-refractivity contribution in [3.63, 3.8) is 0 Å². The number of benzene rings is 2. The average Bonchev–Trinajstić information content (AvgIpc) is 2.99. The molecule has 2 aromatic carbocycles. The Hall–Kier alpha value is -1.55. The molecule has 0 spiro atoms. The molecule has 0 fully saturated rings. The fourth-order valence-corrected chi connectivity index (χ4v) is 9.16. The van der Waals surface area contributed by atoms with Crippen molar-refractivity contribution in [2.75, 3.05) is 0 Å². The number of hydrogen-bond acceptors (Lipinski definition) is 2. The van der Waals surface area contributed by atoms with Gasteiger partial charge in [0.05, 0.1) is 22.8 Å². The van der Waals surface area contributed by atoms with Crippen molar-refractivity contribution in [2.45, 2.75) is 174 Å². The monoisotopic (exact) mass is 730 g/mol. The fraction of sp³-hybridized carbons (Fsp3) is 0.628. The average molecular weight is 732 g/mol. The van der Waals surface area contributed by atoms with Gasteiger partial charge in [0.1, 0.15) is 0 Å². The Kier molecular flexibility index (Phi) is 23.5. The Bertz CT molecular complexity index is 1220. The van der Waals surface area contributed by atoms with E-state index < -0.39 is 16.1 Å². The van der Waals surface area contributed by atoms with Crippen molar-refractivity contribution in [3.8, 4) is 0 Å². The van der Waals surface area contributed by atoms with E-state index in [0.29, 0.717) is 0 Å². The number of nitrogens with zero attached hydrogens (tertiary/aromatic N) is 2. The first-order valence-corrected chi connectivity index (χ1v) is 26.9. The van der Waals surface area contributed by atoms with Crippen LogP contribution in [-0.4, -0.2) is 27.6 Å². The van der Waals surface area contributed by atoms with E-state index in [9.17, 15) is 0 Å². The van der Waals surface area contributed by atoms with E-state index >= 15 is 0 Å². The molecule has 2 aromatic rings. The standard InChI is InChI=1S/C43H72N2Si2.Ni/c1-9-11-13-14-15-16-17-18-19-20-21-22-23-25-33-43(45-41-31-27-29-39(35-41)37-47(6,7)8)42(32-24-12-10-2)44-40-30-26-28-38(34-40)36-46(3,4)5;/h25-31,33-35H,9-24,32,36-37H2,1-8H3;. The van der Waals surface area contributed by atoms with E-state index in [1.54, 1.807) is 0 Å². The summed E-state index contributed by atoms with van der Waals surface area (Å²) in [4.78, 5) is 10.7. The van der Waals surface area contributed by atoms with Gasteiger partial charge in [-0.25, -0.2) is 4.99 Å². The molecule has 0 saturated carbocycles. The summed E-state index contributed by atoms with van der Waals surface area (Å²) in [6, 6.07) is 20.3. The zero-order valence-corrected chi connectivity index (χ0v) is 35.4. The van der Waals surface area contributed by atoms with E-state index in [2.05, 4.69) is 114 Å². The zero-order valence-electron chi connectivity index (χ0n) is 32.4. The Labute approximate surface area is 310 Å². The van der Waals surface area contributed by atoms with Gasteiger partial charge < -0.3 is 0 Å². The number of rotatable bonds is 25. The van der Waals surface area contributed by atoms with Crippen LogP contribution in [0.4, 0.5) is 11.4 Å². The number of hydrogen-bond donors (Lipinski definition) is 0. The van der Waals surface area contributed by atoms with Crippen molar-refractivity contribution < 1.29 is 16.5 Å². The number of allylic oxidation sites excluding steroid dienone is 2. The quantitative estimate of drug-likeness (QED) is 0.0552. The molecule has 0 radical (unpaired) electrons. The topological polar surface area (TPSA) is 24.7 Å². The van der Waals surface area contributed by atoms with Crippen LogP contribution in [0.5, 0.6) is 0 Å². The molecule has 48 heavy (non-hydrogen) atoms. The summed E-state index contributed by atoms with van der Waals surface area (Å²) in [5, 5.41) is 0. The molecule has 0 bridgehead atoms. The molecule has 0 aromatic heterocycles. The summed E-state index contributed by atoms with van der Waals surface area (Å²) in [5.41, 5.74) is 7.13. The summed E-state index contributed by atoms with van der Waals surface area (Å²) >= 11 is 0. The summed E-state index contributed by atoms with van der Waals surface area (Å²) in [5.74, 6) is 0. The maximum Gasteiger partial charge on any atom is 0.0848 e. The summed E-state index contributed by atoms with van der Waals surface area (Å²) in [7, 11) is -2.42. The third-order valence-corrected chi connectivity index (χ3v) is 11.6. The smallest absolute Gasteiger partial charge is 0.0848 e. The molecule has 0 N–H and O–H groups in total. The van der Waals surface area contributed by atoms with Crippen LogP contribution in [0.2, 0.25) is 39.3 Å². The van der Waals surface area contributed by atoms with Gasteiger partial charge in [-0.2, -0.15) is 0 Å². The Morgan fingerprint density at radius 2 is 1.00 bits per heavy atom. The van der Waals surface area contributed by atoms with Crippen molar-refractivity contribution >= 4 is 38.9 Å². The molecule has 0 aliphatic rings. The van der Waals surface area contributed by atoms with Crippen LogP contribution >= 0.6 is 0 Å².